The van der Waals surface area contributed by atoms with Gasteiger partial charge in [-0.3, -0.25) is 4.68 Å². The topological polar surface area (TPSA) is 29.9 Å². The molecule has 0 saturated heterocycles. The van der Waals surface area contributed by atoms with Crippen LogP contribution in [-0.2, 0) is 26.3 Å². The predicted molar refractivity (Wildman–Crippen MR) is 88.9 cm³/mol. The molecular weight excluding hydrogens is 278 g/mol. The van der Waals surface area contributed by atoms with E-state index in [-0.39, 0.29) is 0 Å². The average molecular weight is 303 g/mol. The van der Waals surface area contributed by atoms with Gasteiger partial charge in [0, 0.05) is 34.7 Å². The van der Waals surface area contributed by atoms with Crippen molar-refractivity contribution in [3.05, 3.63) is 39.3 Å². The first-order chi connectivity index (χ1) is 10.3. The minimum atomic E-state index is 0.469. The second kappa shape index (κ2) is 6.75. The molecule has 0 fully saturated rings. The first kappa shape index (κ1) is 14.8. The summed E-state index contributed by atoms with van der Waals surface area (Å²) in [5.74, 6) is 0. The molecule has 0 aromatic carbocycles. The van der Waals surface area contributed by atoms with Gasteiger partial charge >= 0.3 is 0 Å². The summed E-state index contributed by atoms with van der Waals surface area (Å²) >= 11 is 2.04. The van der Waals surface area contributed by atoms with Crippen molar-refractivity contribution in [2.75, 3.05) is 7.05 Å². The molecule has 114 valence electrons. The number of rotatable bonds is 5. The smallest absolute Gasteiger partial charge is 0.0492 e. The lowest BCUT2D eigenvalue weighted by atomic mass is 10.1. The van der Waals surface area contributed by atoms with Crippen molar-refractivity contribution >= 4 is 11.3 Å². The lowest BCUT2D eigenvalue weighted by Crippen LogP contribution is -2.16. The first-order valence-electron chi connectivity index (χ1n) is 8.03. The third-order valence-electron chi connectivity index (χ3n) is 4.57. The summed E-state index contributed by atoms with van der Waals surface area (Å²) in [6.45, 7) is 0. The van der Waals surface area contributed by atoms with Gasteiger partial charge < -0.3 is 5.32 Å². The Balaban J connectivity index is 1.70. The summed E-state index contributed by atoms with van der Waals surface area (Å²) in [4.78, 5) is 3.16. The minimum absolute atomic E-state index is 0.469. The molecule has 1 unspecified atom stereocenters. The Morgan fingerprint density at radius 2 is 2.19 bits per heavy atom. The van der Waals surface area contributed by atoms with Crippen LogP contribution in [0.15, 0.2) is 18.3 Å². The third-order valence-corrected chi connectivity index (χ3v) is 5.92. The summed E-state index contributed by atoms with van der Waals surface area (Å²) in [6.07, 6.45) is 10.8. The summed E-state index contributed by atoms with van der Waals surface area (Å²) in [5.41, 5.74) is 2.93. The number of fused-ring (bicyclic) bond motifs is 1. The summed E-state index contributed by atoms with van der Waals surface area (Å²) < 4.78 is 1.98. The zero-order chi connectivity index (χ0) is 14.7. The normalized spacial score (nSPS) is 16.5. The lowest BCUT2D eigenvalue weighted by Gasteiger charge is -2.14. The van der Waals surface area contributed by atoms with Gasteiger partial charge in [-0.1, -0.05) is 6.42 Å². The number of aromatic nitrogens is 2. The van der Waals surface area contributed by atoms with Crippen molar-refractivity contribution in [3.63, 3.8) is 0 Å². The molecule has 4 heteroatoms. The largest absolute Gasteiger partial charge is 0.312 e. The van der Waals surface area contributed by atoms with Gasteiger partial charge in [-0.25, -0.2) is 0 Å². The highest BCUT2D eigenvalue weighted by atomic mass is 32.1. The van der Waals surface area contributed by atoms with E-state index in [9.17, 15) is 0 Å². The van der Waals surface area contributed by atoms with Gasteiger partial charge in [0.15, 0.2) is 0 Å². The molecule has 2 aromatic rings. The zero-order valence-corrected chi connectivity index (χ0v) is 13.9. The number of nitrogens with one attached hydrogen (secondary N) is 1. The summed E-state index contributed by atoms with van der Waals surface area (Å²) in [5, 5.41) is 7.76. The van der Waals surface area contributed by atoms with Crippen LogP contribution in [0.5, 0.6) is 0 Å². The molecule has 3 rings (SSSR count). The van der Waals surface area contributed by atoms with E-state index in [4.69, 9.17) is 0 Å². The van der Waals surface area contributed by atoms with Crippen LogP contribution in [0.1, 0.15) is 52.7 Å². The van der Waals surface area contributed by atoms with Crippen molar-refractivity contribution in [3.8, 4) is 0 Å². The van der Waals surface area contributed by atoms with Crippen LogP contribution in [0.2, 0.25) is 0 Å². The molecule has 1 aliphatic carbocycles. The number of hydrogen-bond donors (Lipinski definition) is 1. The Kier molecular flexibility index (Phi) is 4.76. The van der Waals surface area contributed by atoms with E-state index in [1.54, 1.807) is 10.4 Å². The number of hydrogen-bond acceptors (Lipinski definition) is 3. The molecule has 0 saturated carbocycles. The monoisotopic (exact) mass is 303 g/mol. The minimum Gasteiger partial charge on any atom is -0.312 e. The Labute approximate surface area is 131 Å². The number of nitrogens with zero attached hydrogens (tertiary/aromatic N) is 2. The van der Waals surface area contributed by atoms with Crippen molar-refractivity contribution in [2.24, 2.45) is 7.05 Å². The summed E-state index contributed by atoms with van der Waals surface area (Å²) in [6, 6.07) is 5.06. The maximum atomic E-state index is 4.26. The molecule has 2 aromatic heterocycles. The molecule has 0 amide bonds. The zero-order valence-electron chi connectivity index (χ0n) is 13.1. The SMILES string of the molecule is CNC(CCc1ccnn1C)c1cc2c(s1)CCCCC2. The quantitative estimate of drug-likeness (QED) is 0.855. The Morgan fingerprint density at radius 3 is 2.95 bits per heavy atom. The van der Waals surface area contributed by atoms with Crippen LogP contribution in [0, 0.1) is 0 Å². The first-order valence-corrected chi connectivity index (χ1v) is 8.85. The standard InChI is InChI=1S/C17H25N3S/c1-18-15(9-8-14-10-11-19-20(14)2)17-12-13-6-4-3-5-7-16(13)21-17/h10-12,15,18H,3-9H2,1-2H3. The van der Waals surface area contributed by atoms with E-state index < -0.39 is 0 Å². The van der Waals surface area contributed by atoms with Crippen LogP contribution in [-0.4, -0.2) is 16.8 Å². The fraction of sp³-hybridized carbons (Fsp3) is 0.588. The average Bonchev–Trinajstić information content (AvgIpc) is 3.01. The maximum absolute atomic E-state index is 4.26. The fourth-order valence-corrected chi connectivity index (χ4v) is 4.63. The highest BCUT2D eigenvalue weighted by Gasteiger charge is 2.17. The molecule has 0 spiro atoms. The Bertz CT molecular complexity index is 561. The fourth-order valence-electron chi connectivity index (χ4n) is 3.23. The van der Waals surface area contributed by atoms with Gasteiger partial charge in [0.05, 0.1) is 0 Å². The van der Waals surface area contributed by atoms with E-state index in [0.717, 1.165) is 12.8 Å². The molecule has 0 radical (unpaired) electrons. The lowest BCUT2D eigenvalue weighted by molar-refractivity contribution is 0.543. The highest BCUT2D eigenvalue weighted by molar-refractivity contribution is 7.12. The molecule has 21 heavy (non-hydrogen) atoms. The van der Waals surface area contributed by atoms with Gasteiger partial charge in [0.25, 0.3) is 0 Å². The van der Waals surface area contributed by atoms with Crippen LogP contribution < -0.4 is 5.32 Å². The highest BCUT2D eigenvalue weighted by Crippen LogP contribution is 2.33. The Hall–Kier alpha value is -1.13. The van der Waals surface area contributed by atoms with Crippen LogP contribution in [0.4, 0.5) is 0 Å². The van der Waals surface area contributed by atoms with Gasteiger partial charge in [-0.2, -0.15) is 5.10 Å². The molecular formula is C17H25N3S. The molecule has 2 heterocycles. The van der Waals surface area contributed by atoms with Crippen LogP contribution in [0.25, 0.3) is 0 Å². The molecule has 3 nitrogen and oxygen atoms in total. The predicted octanol–water partition coefficient (Wildman–Crippen LogP) is 3.64. The van der Waals surface area contributed by atoms with E-state index in [1.807, 2.05) is 29.3 Å². The van der Waals surface area contributed by atoms with E-state index >= 15 is 0 Å². The van der Waals surface area contributed by atoms with Crippen molar-refractivity contribution in [1.82, 2.24) is 15.1 Å². The van der Waals surface area contributed by atoms with Crippen LogP contribution >= 0.6 is 11.3 Å². The molecule has 1 N–H and O–H groups in total. The molecule has 1 atom stereocenters. The van der Waals surface area contributed by atoms with E-state index in [0.29, 0.717) is 6.04 Å². The molecule has 0 aliphatic heterocycles. The molecule has 1 aliphatic rings. The van der Waals surface area contributed by atoms with Crippen molar-refractivity contribution in [2.45, 2.75) is 51.0 Å². The van der Waals surface area contributed by atoms with E-state index in [2.05, 4.69) is 29.6 Å². The van der Waals surface area contributed by atoms with Gasteiger partial charge in [0.2, 0.25) is 0 Å². The van der Waals surface area contributed by atoms with E-state index in [1.165, 1.54) is 42.7 Å². The third kappa shape index (κ3) is 3.38. The number of aryl methyl sites for hydroxylation is 4. The maximum Gasteiger partial charge on any atom is 0.0492 e. The van der Waals surface area contributed by atoms with Gasteiger partial charge in [-0.15, -0.1) is 11.3 Å². The second-order valence-electron chi connectivity index (χ2n) is 5.98. The number of thiophene rings is 1. The Morgan fingerprint density at radius 1 is 1.33 bits per heavy atom. The van der Waals surface area contributed by atoms with Crippen LogP contribution in [0.3, 0.4) is 0 Å². The second-order valence-corrected chi connectivity index (χ2v) is 7.15. The summed E-state index contributed by atoms with van der Waals surface area (Å²) in [7, 11) is 4.11. The van der Waals surface area contributed by atoms with Gasteiger partial charge in [-0.05, 0) is 63.3 Å². The molecule has 0 bridgehead atoms. The van der Waals surface area contributed by atoms with Crippen molar-refractivity contribution < 1.29 is 0 Å². The van der Waals surface area contributed by atoms with Crippen molar-refractivity contribution in [1.29, 1.82) is 0 Å². The van der Waals surface area contributed by atoms with Gasteiger partial charge in [0.1, 0.15) is 0 Å².